The predicted molar refractivity (Wildman–Crippen MR) is 118 cm³/mol. The zero-order valence-electron chi connectivity index (χ0n) is 15.9. The molecule has 4 rings (SSSR count). The fourth-order valence-electron chi connectivity index (χ4n) is 2.36. The highest BCUT2D eigenvalue weighted by Crippen LogP contribution is 2.33. The third-order valence-electron chi connectivity index (χ3n) is 3.68. The zero-order valence-corrected chi connectivity index (χ0v) is 18.3. The van der Waals surface area contributed by atoms with E-state index in [1.807, 2.05) is 18.2 Å². The van der Waals surface area contributed by atoms with E-state index in [-0.39, 0.29) is 11.6 Å². The Labute approximate surface area is 184 Å². The summed E-state index contributed by atoms with van der Waals surface area (Å²) >= 11 is 3.90. The van der Waals surface area contributed by atoms with Crippen molar-refractivity contribution in [1.29, 1.82) is 0 Å². The molecule has 0 atom stereocenters. The molecule has 0 saturated heterocycles. The summed E-state index contributed by atoms with van der Waals surface area (Å²) in [5.41, 5.74) is 0.285. The first kappa shape index (κ1) is 20.4. The van der Waals surface area contributed by atoms with Crippen molar-refractivity contribution in [2.45, 2.75) is 28.2 Å². The van der Waals surface area contributed by atoms with Gasteiger partial charge in [-0.25, -0.2) is 15.0 Å². The Morgan fingerprint density at radius 3 is 2.77 bits per heavy atom. The molecule has 12 heteroatoms. The molecule has 0 bridgehead atoms. The van der Waals surface area contributed by atoms with E-state index in [9.17, 15) is 4.79 Å². The van der Waals surface area contributed by atoms with Crippen molar-refractivity contribution >= 4 is 57.4 Å². The van der Waals surface area contributed by atoms with Gasteiger partial charge in [-0.3, -0.25) is 10.1 Å². The normalized spacial score (nSPS) is 12.7. The summed E-state index contributed by atoms with van der Waals surface area (Å²) in [6, 6.07) is 7.36. The molecule has 0 radical (unpaired) electrons. The second-order valence-corrected chi connectivity index (χ2v) is 8.79. The number of aromatic nitrogens is 4. The standard InChI is InChI=1S/C18H15N7O2S3/c1-10-21-18(30-25-10)23-17(26)16-12(28-11-3-5-13(27-2)19-9-11)4-6-14(22-16)29-15-7-8-20-24-15/h3-6,8-9H,7H2,1-2H3,(H,21,23,25,26). The number of pyridine rings is 2. The van der Waals surface area contributed by atoms with E-state index in [1.165, 1.54) is 23.5 Å². The molecule has 3 aromatic rings. The molecule has 152 valence electrons. The molecule has 1 N–H and O–H groups in total. The van der Waals surface area contributed by atoms with Crippen LogP contribution in [-0.2, 0) is 0 Å². The lowest BCUT2D eigenvalue weighted by atomic mass is 10.3. The zero-order chi connectivity index (χ0) is 20.9. The second kappa shape index (κ2) is 9.32. The first-order valence-electron chi connectivity index (χ1n) is 8.67. The monoisotopic (exact) mass is 457 g/mol. The van der Waals surface area contributed by atoms with Gasteiger partial charge in [0.05, 0.1) is 7.11 Å². The molecular weight excluding hydrogens is 442 g/mol. The van der Waals surface area contributed by atoms with Crippen LogP contribution in [0.5, 0.6) is 5.88 Å². The lowest BCUT2D eigenvalue weighted by Gasteiger charge is -2.10. The molecule has 9 nitrogen and oxygen atoms in total. The molecule has 0 unspecified atom stereocenters. The van der Waals surface area contributed by atoms with Crippen molar-refractivity contribution in [3.05, 3.63) is 42.0 Å². The maximum atomic E-state index is 13.0. The van der Waals surface area contributed by atoms with Crippen molar-refractivity contribution in [1.82, 2.24) is 19.3 Å². The minimum atomic E-state index is -0.359. The van der Waals surface area contributed by atoms with Gasteiger partial charge in [-0.15, -0.1) is 5.10 Å². The fraction of sp³-hybridized carbons (Fsp3) is 0.167. The van der Waals surface area contributed by atoms with Crippen LogP contribution in [0.4, 0.5) is 5.13 Å². The number of thioether (sulfide) groups is 1. The molecule has 0 fully saturated rings. The minimum Gasteiger partial charge on any atom is -0.481 e. The van der Waals surface area contributed by atoms with Crippen molar-refractivity contribution in [2.75, 3.05) is 12.4 Å². The number of carbonyl (C=O) groups excluding carboxylic acids is 1. The molecule has 1 aliphatic rings. The molecule has 4 heterocycles. The number of anilines is 1. The molecule has 3 aromatic heterocycles. The smallest absolute Gasteiger partial charge is 0.277 e. The number of methoxy groups -OCH3 is 1. The van der Waals surface area contributed by atoms with Crippen LogP contribution in [0.15, 0.2) is 55.5 Å². The van der Waals surface area contributed by atoms with Crippen LogP contribution in [0.2, 0.25) is 0 Å². The number of aryl methyl sites for hydroxylation is 1. The number of hydrogen-bond acceptors (Lipinski definition) is 11. The maximum absolute atomic E-state index is 13.0. The summed E-state index contributed by atoms with van der Waals surface area (Å²) in [5.74, 6) is 0.765. The van der Waals surface area contributed by atoms with Gasteiger partial charge in [0.15, 0.2) is 0 Å². The maximum Gasteiger partial charge on any atom is 0.277 e. The van der Waals surface area contributed by atoms with Gasteiger partial charge in [-0.1, -0.05) is 23.5 Å². The SMILES string of the molecule is COc1ccc(Sc2ccc(SC3=NN=CC3)nc2C(=O)Nc2nc(C)ns2)cn1. The first-order valence-corrected chi connectivity index (χ1v) is 11.1. The van der Waals surface area contributed by atoms with E-state index in [4.69, 9.17) is 4.74 Å². The van der Waals surface area contributed by atoms with Crippen LogP contribution >= 0.6 is 35.1 Å². The molecule has 1 amide bonds. The van der Waals surface area contributed by atoms with Crippen LogP contribution in [0.3, 0.4) is 0 Å². The van der Waals surface area contributed by atoms with Gasteiger partial charge in [0.25, 0.3) is 5.91 Å². The van der Waals surface area contributed by atoms with E-state index in [2.05, 4.69) is 34.8 Å². The second-order valence-electron chi connectivity index (χ2n) is 5.83. The van der Waals surface area contributed by atoms with Gasteiger partial charge in [-0.05, 0) is 25.1 Å². The average Bonchev–Trinajstić information content (AvgIpc) is 3.41. The van der Waals surface area contributed by atoms with E-state index in [1.54, 1.807) is 32.5 Å². The summed E-state index contributed by atoms with van der Waals surface area (Å²) in [6.07, 6.45) is 4.08. The summed E-state index contributed by atoms with van der Waals surface area (Å²) in [4.78, 5) is 27.5. The molecule has 30 heavy (non-hydrogen) atoms. The van der Waals surface area contributed by atoms with Gasteiger partial charge < -0.3 is 4.74 Å². The Bertz CT molecular complexity index is 1130. The Balaban J connectivity index is 1.61. The highest BCUT2D eigenvalue weighted by molar-refractivity contribution is 8.14. The summed E-state index contributed by atoms with van der Waals surface area (Å²) < 4.78 is 9.19. The van der Waals surface area contributed by atoms with Gasteiger partial charge in [0.2, 0.25) is 11.0 Å². The average molecular weight is 458 g/mol. The van der Waals surface area contributed by atoms with Gasteiger partial charge in [0, 0.05) is 46.2 Å². The van der Waals surface area contributed by atoms with E-state index >= 15 is 0 Å². The Kier molecular flexibility index (Phi) is 6.35. The highest BCUT2D eigenvalue weighted by atomic mass is 32.2. The summed E-state index contributed by atoms with van der Waals surface area (Å²) in [6.45, 7) is 1.77. The van der Waals surface area contributed by atoms with Crippen LogP contribution in [0, 0.1) is 6.92 Å². The number of rotatable bonds is 6. The number of ether oxygens (including phenoxy) is 1. The van der Waals surface area contributed by atoms with Crippen LogP contribution in [0.25, 0.3) is 0 Å². The van der Waals surface area contributed by atoms with E-state index in [0.717, 1.165) is 21.5 Å². The number of hydrogen-bond donors (Lipinski definition) is 1. The predicted octanol–water partition coefficient (Wildman–Crippen LogP) is 3.93. The van der Waals surface area contributed by atoms with Crippen molar-refractivity contribution in [3.63, 3.8) is 0 Å². The Morgan fingerprint density at radius 2 is 2.10 bits per heavy atom. The Morgan fingerprint density at radius 1 is 1.20 bits per heavy atom. The van der Waals surface area contributed by atoms with Crippen molar-refractivity contribution < 1.29 is 9.53 Å². The number of nitrogens with one attached hydrogen (secondary N) is 1. The van der Waals surface area contributed by atoms with Crippen molar-refractivity contribution in [3.8, 4) is 5.88 Å². The molecule has 0 aliphatic carbocycles. The molecule has 0 spiro atoms. The Hall–Kier alpha value is -2.83. The fourth-order valence-corrected chi connectivity index (χ4v) is 4.55. The quantitative estimate of drug-likeness (QED) is 0.592. The van der Waals surface area contributed by atoms with Gasteiger partial charge in [0.1, 0.15) is 21.6 Å². The minimum absolute atomic E-state index is 0.285. The van der Waals surface area contributed by atoms with Crippen LogP contribution < -0.4 is 10.1 Å². The summed E-state index contributed by atoms with van der Waals surface area (Å²) in [5, 5.41) is 12.6. The molecule has 1 aliphatic heterocycles. The lowest BCUT2D eigenvalue weighted by molar-refractivity contribution is 0.101. The van der Waals surface area contributed by atoms with E-state index in [0.29, 0.717) is 33.2 Å². The first-order chi connectivity index (χ1) is 14.6. The highest BCUT2D eigenvalue weighted by Gasteiger charge is 2.19. The van der Waals surface area contributed by atoms with Crippen molar-refractivity contribution in [2.24, 2.45) is 10.2 Å². The van der Waals surface area contributed by atoms with E-state index < -0.39 is 0 Å². The third kappa shape index (κ3) is 5.01. The molecular formula is C18H15N7O2S3. The van der Waals surface area contributed by atoms with Crippen LogP contribution in [-0.4, -0.2) is 43.6 Å². The van der Waals surface area contributed by atoms with Gasteiger partial charge in [-0.2, -0.15) is 9.47 Å². The lowest BCUT2D eigenvalue weighted by Crippen LogP contribution is -2.15. The number of amides is 1. The third-order valence-corrected chi connectivity index (χ3v) is 6.35. The summed E-state index contributed by atoms with van der Waals surface area (Å²) in [7, 11) is 1.56. The molecule has 0 aromatic carbocycles. The van der Waals surface area contributed by atoms with Crippen LogP contribution in [0.1, 0.15) is 22.7 Å². The molecule has 0 saturated carbocycles. The van der Waals surface area contributed by atoms with Gasteiger partial charge >= 0.3 is 0 Å². The number of carbonyl (C=O) groups is 1. The number of nitrogens with zero attached hydrogens (tertiary/aromatic N) is 6. The largest absolute Gasteiger partial charge is 0.481 e. The topological polar surface area (TPSA) is 115 Å².